The van der Waals surface area contributed by atoms with Gasteiger partial charge in [-0.05, 0) is 56.3 Å². The van der Waals surface area contributed by atoms with Gasteiger partial charge in [-0.25, -0.2) is 9.37 Å². The van der Waals surface area contributed by atoms with Crippen LogP contribution >= 0.6 is 13.5 Å². The van der Waals surface area contributed by atoms with Crippen molar-refractivity contribution < 1.29 is 9.18 Å². The van der Waals surface area contributed by atoms with Gasteiger partial charge in [0, 0.05) is 24.3 Å². The summed E-state index contributed by atoms with van der Waals surface area (Å²) >= 11 is 0. The van der Waals surface area contributed by atoms with Crippen LogP contribution < -0.4 is 10.6 Å². The maximum Gasteiger partial charge on any atom is 0.240 e. The van der Waals surface area contributed by atoms with E-state index in [-0.39, 0.29) is 37.2 Å². The van der Waals surface area contributed by atoms with Gasteiger partial charge in [-0.1, -0.05) is 31.5 Å². The van der Waals surface area contributed by atoms with Crippen LogP contribution in [0.1, 0.15) is 25.2 Å². The fourth-order valence-electron chi connectivity index (χ4n) is 4.17. The lowest BCUT2D eigenvalue weighted by molar-refractivity contribution is -0.136. The van der Waals surface area contributed by atoms with Gasteiger partial charge in [0.15, 0.2) is 0 Å². The van der Waals surface area contributed by atoms with Gasteiger partial charge < -0.3 is 20.1 Å². The van der Waals surface area contributed by atoms with Crippen LogP contribution in [0.15, 0.2) is 48.5 Å². The summed E-state index contributed by atoms with van der Waals surface area (Å²) in [7, 11) is 1.82. The predicted octanol–water partition coefficient (Wildman–Crippen LogP) is 4.44. The van der Waals surface area contributed by atoms with E-state index in [0.29, 0.717) is 19.6 Å². The van der Waals surface area contributed by atoms with Gasteiger partial charge in [0.05, 0.1) is 12.6 Å². The Morgan fingerprint density at radius 1 is 1.06 bits per heavy atom. The first-order valence-corrected chi connectivity index (χ1v) is 11.0. The summed E-state index contributed by atoms with van der Waals surface area (Å²) < 4.78 is 15.7. The molecule has 0 aliphatic carbocycles. The van der Waals surface area contributed by atoms with Crippen LogP contribution in [0.4, 0.5) is 15.9 Å². The third-order valence-corrected chi connectivity index (χ3v) is 5.96. The highest BCUT2D eigenvalue weighted by Crippen LogP contribution is 2.33. The molecule has 8 heteroatoms. The highest BCUT2D eigenvalue weighted by Gasteiger charge is 2.31. The second kappa shape index (κ2) is 10.4. The summed E-state index contributed by atoms with van der Waals surface area (Å²) in [5.74, 6) is 1.68. The minimum atomic E-state index is -0.283. The van der Waals surface area contributed by atoms with Crippen molar-refractivity contribution in [1.82, 2.24) is 19.8 Å². The molecule has 4 rings (SSSR count). The van der Waals surface area contributed by atoms with Gasteiger partial charge in [0.1, 0.15) is 23.2 Å². The Morgan fingerprint density at radius 2 is 1.73 bits per heavy atom. The van der Waals surface area contributed by atoms with Crippen molar-refractivity contribution in [1.29, 1.82) is 0 Å². The van der Waals surface area contributed by atoms with Gasteiger partial charge in [-0.3, -0.25) is 4.79 Å². The number of carbonyl (C=O) groups excluding carboxylic acids is 1. The zero-order valence-electron chi connectivity index (χ0n) is 19.5. The number of rotatable bonds is 6. The first-order valence-electron chi connectivity index (χ1n) is 11.0. The molecule has 0 spiro atoms. The molecule has 33 heavy (non-hydrogen) atoms. The monoisotopic (exact) mass is 469 g/mol. The van der Waals surface area contributed by atoms with Crippen LogP contribution in [0.5, 0.6) is 0 Å². The highest BCUT2D eigenvalue weighted by molar-refractivity contribution is 7.59. The SMILES string of the molecule is CN[C@H](C(=O)N1CCn2c(nc(-c3ccc(F)cc3)c2Nc2ccc(C)cc2)C1)C(C)C.S. The molecule has 0 fully saturated rings. The number of halogens is 1. The Morgan fingerprint density at radius 3 is 2.33 bits per heavy atom. The molecule has 1 aliphatic rings. The molecule has 2 aromatic carbocycles. The van der Waals surface area contributed by atoms with Gasteiger partial charge in [0.25, 0.3) is 0 Å². The molecule has 2 heterocycles. The lowest BCUT2D eigenvalue weighted by Gasteiger charge is -2.32. The van der Waals surface area contributed by atoms with E-state index in [2.05, 4.69) is 34.3 Å². The molecule has 3 aromatic rings. The fraction of sp³-hybridized carbons (Fsp3) is 0.360. The number of fused-ring (bicyclic) bond motifs is 1. The van der Waals surface area contributed by atoms with E-state index < -0.39 is 0 Å². The number of hydrogen-bond acceptors (Lipinski definition) is 4. The van der Waals surface area contributed by atoms with Gasteiger partial charge in [-0.15, -0.1) is 0 Å². The lowest BCUT2D eigenvalue weighted by atomic mass is 10.0. The summed E-state index contributed by atoms with van der Waals surface area (Å²) in [6, 6.07) is 14.3. The Bertz CT molecular complexity index is 1100. The van der Waals surface area contributed by atoms with E-state index in [0.717, 1.165) is 28.6 Å². The molecule has 176 valence electrons. The van der Waals surface area contributed by atoms with E-state index in [4.69, 9.17) is 4.98 Å². The molecule has 1 aromatic heterocycles. The van der Waals surface area contributed by atoms with Crippen molar-refractivity contribution in [3.8, 4) is 11.3 Å². The minimum Gasteiger partial charge on any atom is -0.340 e. The zero-order chi connectivity index (χ0) is 22.8. The summed E-state index contributed by atoms with van der Waals surface area (Å²) in [4.78, 5) is 19.8. The van der Waals surface area contributed by atoms with Crippen molar-refractivity contribution in [3.05, 3.63) is 65.7 Å². The van der Waals surface area contributed by atoms with Crippen molar-refractivity contribution >= 4 is 30.9 Å². The standard InChI is InChI=1S/C25H30FN5O.H2S/c1-16(2)22(27-4)25(32)30-13-14-31-21(15-30)29-23(18-7-9-19(26)10-8-18)24(31)28-20-11-5-17(3)6-12-20;/h5-12,16,22,27-28H,13-15H2,1-4H3;1H2/t22-;/m0./s1. The van der Waals surface area contributed by atoms with E-state index in [1.807, 2.05) is 37.9 Å². The molecule has 0 bridgehead atoms. The maximum absolute atomic E-state index is 13.5. The smallest absolute Gasteiger partial charge is 0.240 e. The van der Waals surface area contributed by atoms with E-state index in [1.54, 1.807) is 12.1 Å². The van der Waals surface area contributed by atoms with E-state index in [1.165, 1.54) is 17.7 Å². The highest BCUT2D eigenvalue weighted by atomic mass is 32.1. The molecule has 0 saturated carbocycles. The molecular formula is C25H32FN5OS. The summed E-state index contributed by atoms with van der Waals surface area (Å²) in [6.07, 6.45) is 0. The first kappa shape index (κ1) is 24.8. The van der Waals surface area contributed by atoms with Crippen molar-refractivity contribution in [2.24, 2.45) is 5.92 Å². The molecule has 1 atom stereocenters. The van der Waals surface area contributed by atoms with Gasteiger partial charge >= 0.3 is 0 Å². The third kappa shape index (κ3) is 5.23. The Kier molecular flexibility index (Phi) is 7.81. The normalized spacial score (nSPS) is 13.9. The van der Waals surface area contributed by atoms with E-state index in [9.17, 15) is 9.18 Å². The molecule has 0 saturated heterocycles. The topological polar surface area (TPSA) is 62.2 Å². The van der Waals surface area contributed by atoms with Gasteiger partial charge in [-0.2, -0.15) is 13.5 Å². The fourth-order valence-corrected chi connectivity index (χ4v) is 4.17. The Labute approximate surface area is 201 Å². The Balaban J connectivity index is 0.00000306. The quantitative estimate of drug-likeness (QED) is 0.560. The van der Waals surface area contributed by atoms with Crippen LogP contribution in [-0.2, 0) is 17.9 Å². The number of aromatic nitrogens is 2. The van der Waals surface area contributed by atoms with Crippen LogP contribution in [0, 0.1) is 18.7 Å². The number of carbonyl (C=O) groups is 1. The predicted molar refractivity (Wildman–Crippen MR) is 136 cm³/mol. The number of aryl methyl sites for hydroxylation is 1. The Hall–Kier alpha value is -2.84. The zero-order valence-corrected chi connectivity index (χ0v) is 20.5. The molecule has 2 N–H and O–H groups in total. The lowest BCUT2D eigenvalue weighted by Crippen LogP contribution is -2.50. The molecular weight excluding hydrogens is 437 g/mol. The summed E-state index contributed by atoms with van der Waals surface area (Å²) in [6.45, 7) is 7.82. The van der Waals surface area contributed by atoms with Crippen molar-refractivity contribution in [2.75, 3.05) is 18.9 Å². The molecule has 1 aliphatic heterocycles. The number of nitrogens with one attached hydrogen (secondary N) is 2. The number of likely N-dealkylation sites (N-methyl/N-ethyl adjacent to an activating group) is 1. The third-order valence-electron chi connectivity index (χ3n) is 5.96. The summed E-state index contributed by atoms with van der Waals surface area (Å²) in [5.41, 5.74) is 3.72. The average molecular weight is 470 g/mol. The average Bonchev–Trinajstić information content (AvgIpc) is 3.13. The number of nitrogens with zero attached hydrogens (tertiary/aromatic N) is 3. The van der Waals surface area contributed by atoms with Crippen molar-refractivity contribution in [3.63, 3.8) is 0 Å². The molecule has 1 amide bonds. The van der Waals surface area contributed by atoms with Crippen LogP contribution in [-0.4, -0.2) is 40.0 Å². The van der Waals surface area contributed by atoms with Crippen molar-refractivity contribution in [2.45, 2.75) is 39.9 Å². The van der Waals surface area contributed by atoms with Crippen LogP contribution in [0.2, 0.25) is 0 Å². The van der Waals surface area contributed by atoms with Gasteiger partial charge in [0.2, 0.25) is 5.91 Å². The molecule has 6 nitrogen and oxygen atoms in total. The first-order chi connectivity index (χ1) is 15.4. The van der Waals surface area contributed by atoms with Crippen LogP contribution in [0.25, 0.3) is 11.3 Å². The largest absolute Gasteiger partial charge is 0.340 e. The number of benzene rings is 2. The maximum atomic E-state index is 13.5. The number of amides is 1. The number of anilines is 2. The molecule has 0 radical (unpaired) electrons. The number of hydrogen-bond donors (Lipinski definition) is 2. The van der Waals surface area contributed by atoms with Crippen LogP contribution in [0.3, 0.4) is 0 Å². The van der Waals surface area contributed by atoms with E-state index >= 15 is 0 Å². The second-order valence-electron chi connectivity index (χ2n) is 8.64. The summed E-state index contributed by atoms with van der Waals surface area (Å²) in [5, 5.41) is 6.65. The minimum absolute atomic E-state index is 0. The second-order valence-corrected chi connectivity index (χ2v) is 8.64. The number of imidazole rings is 1. The molecule has 0 unspecified atom stereocenters.